The number of nitrogens with zero attached hydrogens (tertiary/aromatic N) is 2. The number of rotatable bonds is 5. The second-order valence-corrected chi connectivity index (χ2v) is 5.87. The number of nitrogens with two attached hydrogens (primary N) is 1. The van der Waals surface area contributed by atoms with Gasteiger partial charge in [0.2, 0.25) is 11.8 Å². The second kappa shape index (κ2) is 7.48. The van der Waals surface area contributed by atoms with Gasteiger partial charge in [0.25, 0.3) is 0 Å². The van der Waals surface area contributed by atoms with Crippen molar-refractivity contribution in [1.29, 1.82) is 0 Å². The largest absolute Gasteiger partial charge is 0.347 e. The van der Waals surface area contributed by atoms with Crippen LogP contribution < -0.4 is 5.73 Å². The summed E-state index contributed by atoms with van der Waals surface area (Å²) in [5.41, 5.74) is 5.94. The van der Waals surface area contributed by atoms with E-state index in [0.29, 0.717) is 18.4 Å². The molecular formula is C14H27N3O2. The van der Waals surface area contributed by atoms with Crippen LogP contribution in [0.3, 0.4) is 0 Å². The standard InChI is InChI=1S/C14H27N3O2/c1-16(2)14(19)10-17(3)13(18)8-7-11-5-4-6-12(15)9-11/h11-12H,4-10,15H2,1-3H3. The van der Waals surface area contributed by atoms with Gasteiger partial charge >= 0.3 is 0 Å². The van der Waals surface area contributed by atoms with E-state index in [4.69, 9.17) is 5.73 Å². The highest BCUT2D eigenvalue weighted by Gasteiger charge is 2.21. The highest BCUT2D eigenvalue weighted by atomic mass is 16.2. The Morgan fingerprint density at radius 2 is 1.84 bits per heavy atom. The zero-order chi connectivity index (χ0) is 14.4. The van der Waals surface area contributed by atoms with E-state index in [1.807, 2.05) is 0 Å². The van der Waals surface area contributed by atoms with Gasteiger partial charge in [-0.05, 0) is 25.2 Å². The Balaban J connectivity index is 2.28. The molecule has 19 heavy (non-hydrogen) atoms. The molecule has 1 aliphatic rings. The van der Waals surface area contributed by atoms with Gasteiger partial charge in [-0.3, -0.25) is 9.59 Å². The molecule has 0 radical (unpaired) electrons. The maximum absolute atomic E-state index is 11.9. The second-order valence-electron chi connectivity index (χ2n) is 5.87. The van der Waals surface area contributed by atoms with Gasteiger partial charge in [-0.25, -0.2) is 0 Å². The molecule has 0 saturated heterocycles. The minimum Gasteiger partial charge on any atom is -0.347 e. The molecule has 110 valence electrons. The molecule has 0 bridgehead atoms. The van der Waals surface area contributed by atoms with E-state index in [-0.39, 0.29) is 18.4 Å². The molecule has 1 saturated carbocycles. The van der Waals surface area contributed by atoms with Crippen molar-refractivity contribution in [2.24, 2.45) is 11.7 Å². The van der Waals surface area contributed by atoms with Crippen LogP contribution in [0.2, 0.25) is 0 Å². The first-order chi connectivity index (χ1) is 8.90. The molecule has 0 aromatic carbocycles. The summed E-state index contributed by atoms with van der Waals surface area (Å²) in [6, 6.07) is 0.307. The van der Waals surface area contributed by atoms with Crippen molar-refractivity contribution in [2.45, 2.75) is 44.6 Å². The Kier molecular flexibility index (Phi) is 6.28. The van der Waals surface area contributed by atoms with Gasteiger partial charge in [-0.1, -0.05) is 12.8 Å². The van der Waals surface area contributed by atoms with Crippen LogP contribution >= 0.6 is 0 Å². The summed E-state index contributed by atoms with van der Waals surface area (Å²) in [7, 11) is 5.09. The van der Waals surface area contributed by atoms with Crippen molar-refractivity contribution >= 4 is 11.8 Å². The molecule has 2 atom stereocenters. The van der Waals surface area contributed by atoms with Crippen molar-refractivity contribution < 1.29 is 9.59 Å². The van der Waals surface area contributed by atoms with E-state index in [2.05, 4.69) is 0 Å². The Hall–Kier alpha value is -1.10. The lowest BCUT2D eigenvalue weighted by atomic mass is 9.83. The highest BCUT2D eigenvalue weighted by Crippen LogP contribution is 2.26. The van der Waals surface area contributed by atoms with Gasteiger partial charge in [0.05, 0.1) is 6.54 Å². The average Bonchev–Trinajstić information content (AvgIpc) is 2.35. The van der Waals surface area contributed by atoms with Crippen LogP contribution in [-0.4, -0.2) is 55.3 Å². The lowest BCUT2D eigenvalue weighted by molar-refractivity contribution is -0.138. The van der Waals surface area contributed by atoms with E-state index >= 15 is 0 Å². The summed E-state index contributed by atoms with van der Waals surface area (Å²) < 4.78 is 0. The van der Waals surface area contributed by atoms with Crippen LogP contribution in [0.1, 0.15) is 38.5 Å². The first-order valence-corrected chi connectivity index (χ1v) is 7.10. The van der Waals surface area contributed by atoms with Crippen LogP contribution in [-0.2, 0) is 9.59 Å². The van der Waals surface area contributed by atoms with Gasteiger partial charge in [0.1, 0.15) is 0 Å². The van der Waals surface area contributed by atoms with Crippen LogP contribution in [0.5, 0.6) is 0 Å². The molecule has 1 rings (SSSR count). The third-order valence-corrected chi connectivity index (χ3v) is 3.89. The summed E-state index contributed by atoms with van der Waals surface area (Å²) in [6.07, 6.45) is 5.92. The Bertz CT molecular complexity index is 318. The smallest absolute Gasteiger partial charge is 0.241 e. The number of likely N-dealkylation sites (N-methyl/N-ethyl adjacent to an activating group) is 2. The average molecular weight is 269 g/mol. The summed E-state index contributed by atoms with van der Waals surface area (Å²) in [4.78, 5) is 26.5. The molecule has 0 aliphatic heterocycles. The van der Waals surface area contributed by atoms with Gasteiger partial charge < -0.3 is 15.5 Å². The van der Waals surface area contributed by atoms with E-state index in [9.17, 15) is 9.59 Å². The van der Waals surface area contributed by atoms with Crippen molar-refractivity contribution in [2.75, 3.05) is 27.7 Å². The minimum atomic E-state index is -0.0458. The zero-order valence-electron chi connectivity index (χ0n) is 12.4. The first kappa shape index (κ1) is 16.0. The minimum absolute atomic E-state index is 0.0458. The van der Waals surface area contributed by atoms with Gasteiger partial charge in [-0.15, -0.1) is 0 Å². The van der Waals surface area contributed by atoms with Crippen molar-refractivity contribution in [1.82, 2.24) is 9.80 Å². The topological polar surface area (TPSA) is 66.6 Å². The summed E-state index contributed by atoms with van der Waals surface area (Å²) >= 11 is 0. The Morgan fingerprint density at radius 1 is 1.16 bits per heavy atom. The SMILES string of the molecule is CN(C)C(=O)CN(C)C(=O)CCC1CCCC(N)C1. The number of hydrogen-bond donors (Lipinski definition) is 1. The third-order valence-electron chi connectivity index (χ3n) is 3.89. The number of hydrogen-bond acceptors (Lipinski definition) is 3. The Labute approximate surface area is 116 Å². The first-order valence-electron chi connectivity index (χ1n) is 7.10. The maximum Gasteiger partial charge on any atom is 0.241 e. The number of carbonyl (C=O) groups excluding carboxylic acids is 2. The van der Waals surface area contributed by atoms with Crippen molar-refractivity contribution in [3.8, 4) is 0 Å². The van der Waals surface area contributed by atoms with Crippen molar-refractivity contribution in [3.63, 3.8) is 0 Å². The lowest BCUT2D eigenvalue weighted by Gasteiger charge is -2.27. The van der Waals surface area contributed by atoms with Gasteiger partial charge in [-0.2, -0.15) is 0 Å². The maximum atomic E-state index is 11.9. The summed E-state index contributed by atoms with van der Waals surface area (Å²) in [5, 5.41) is 0. The third kappa shape index (κ3) is 5.59. The quantitative estimate of drug-likeness (QED) is 0.804. The monoisotopic (exact) mass is 269 g/mol. The fraction of sp³-hybridized carbons (Fsp3) is 0.857. The lowest BCUT2D eigenvalue weighted by Crippen LogP contribution is -2.38. The molecule has 1 aliphatic carbocycles. The van der Waals surface area contributed by atoms with Crippen LogP contribution in [0.15, 0.2) is 0 Å². The van der Waals surface area contributed by atoms with Gasteiger partial charge in [0, 0.05) is 33.6 Å². The zero-order valence-corrected chi connectivity index (χ0v) is 12.4. The molecular weight excluding hydrogens is 242 g/mol. The predicted octanol–water partition coefficient (Wildman–Crippen LogP) is 0.831. The molecule has 2 N–H and O–H groups in total. The van der Waals surface area contributed by atoms with Gasteiger partial charge in [0.15, 0.2) is 0 Å². The van der Waals surface area contributed by atoms with E-state index in [1.165, 1.54) is 22.6 Å². The normalized spacial score (nSPS) is 22.9. The molecule has 0 aromatic rings. The van der Waals surface area contributed by atoms with Crippen LogP contribution in [0.25, 0.3) is 0 Å². The number of amides is 2. The molecule has 5 nitrogen and oxygen atoms in total. The highest BCUT2D eigenvalue weighted by molar-refractivity contribution is 5.84. The molecule has 2 unspecified atom stereocenters. The predicted molar refractivity (Wildman–Crippen MR) is 75.5 cm³/mol. The molecule has 0 spiro atoms. The fourth-order valence-corrected chi connectivity index (χ4v) is 2.55. The van der Waals surface area contributed by atoms with E-state index < -0.39 is 0 Å². The molecule has 2 amide bonds. The molecule has 0 aromatic heterocycles. The van der Waals surface area contributed by atoms with E-state index in [0.717, 1.165) is 19.3 Å². The summed E-state index contributed by atoms with van der Waals surface area (Å²) in [6.45, 7) is 0.163. The van der Waals surface area contributed by atoms with Crippen molar-refractivity contribution in [3.05, 3.63) is 0 Å². The van der Waals surface area contributed by atoms with Crippen LogP contribution in [0.4, 0.5) is 0 Å². The van der Waals surface area contributed by atoms with Crippen LogP contribution in [0, 0.1) is 5.92 Å². The molecule has 1 fully saturated rings. The summed E-state index contributed by atoms with van der Waals surface area (Å²) in [5.74, 6) is 0.579. The Morgan fingerprint density at radius 3 is 2.42 bits per heavy atom. The van der Waals surface area contributed by atoms with E-state index in [1.54, 1.807) is 21.1 Å². The molecule has 0 heterocycles. The number of carbonyl (C=O) groups is 2. The fourth-order valence-electron chi connectivity index (χ4n) is 2.55. The molecule has 5 heteroatoms.